The van der Waals surface area contributed by atoms with Gasteiger partial charge in [-0.1, -0.05) is 29.8 Å². The van der Waals surface area contributed by atoms with Crippen LogP contribution in [0.5, 0.6) is 0 Å². The summed E-state index contributed by atoms with van der Waals surface area (Å²) in [4.78, 5) is 15.6. The minimum absolute atomic E-state index is 0.0849. The van der Waals surface area contributed by atoms with Gasteiger partial charge in [-0.25, -0.2) is 4.39 Å². The molecule has 0 aliphatic heterocycles. The Balaban J connectivity index is 2.24. The summed E-state index contributed by atoms with van der Waals surface area (Å²) < 4.78 is 13.9. The van der Waals surface area contributed by atoms with Gasteiger partial charge in [0.1, 0.15) is 5.82 Å². The first kappa shape index (κ1) is 12.9. The van der Waals surface area contributed by atoms with E-state index >= 15 is 0 Å². The molecule has 0 aliphatic rings. The Labute approximate surface area is 120 Å². The number of H-pyrrole nitrogens is 1. The molecule has 0 saturated heterocycles. The van der Waals surface area contributed by atoms with Crippen molar-refractivity contribution in [2.75, 3.05) is 0 Å². The maximum absolute atomic E-state index is 13.9. The molecule has 0 saturated carbocycles. The van der Waals surface area contributed by atoms with Crippen molar-refractivity contribution in [3.8, 4) is 0 Å². The molecule has 0 amide bonds. The molecule has 1 N–H and O–H groups in total. The number of hydrogen-bond acceptors (Lipinski definition) is 1. The van der Waals surface area contributed by atoms with Gasteiger partial charge < -0.3 is 4.98 Å². The summed E-state index contributed by atoms with van der Waals surface area (Å²) in [7, 11) is 0. The molecule has 0 unspecified atom stereocenters. The predicted octanol–water partition coefficient (Wildman–Crippen LogP) is 4.50. The van der Waals surface area contributed by atoms with E-state index < -0.39 is 11.6 Å². The highest BCUT2D eigenvalue weighted by atomic mass is 35.5. The number of aromatic amines is 1. The molecule has 0 atom stereocenters. The molecule has 20 heavy (non-hydrogen) atoms. The van der Waals surface area contributed by atoms with E-state index in [1.54, 1.807) is 6.20 Å². The number of rotatable bonds is 2. The van der Waals surface area contributed by atoms with Crippen LogP contribution in [-0.2, 0) is 0 Å². The van der Waals surface area contributed by atoms with E-state index in [2.05, 4.69) is 4.98 Å². The van der Waals surface area contributed by atoms with E-state index in [4.69, 9.17) is 11.6 Å². The average molecular weight is 288 g/mol. The molecule has 100 valence electrons. The number of nitrogens with one attached hydrogen (secondary N) is 1. The van der Waals surface area contributed by atoms with Crippen LogP contribution < -0.4 is 0 Å². The highest BCUT2D eigenvalue weighted by Gasteiger charge is 2.21. The van der Waals surface area contributed by atoms with Gasteiger partial charge in [-0.3, -0.25) is 4.79 Å². The van der Waals surface area contributed by atoms with Gasteiger partial charge in [-0.05, 0) is 30.7 Å². The summed E-state index contributed by atoms with van der Waals surface area (Å²) >= 11 is 5.96. The first-order valence-electron chi connectivity index (χ1n) is 6.15. The van der Waals surface area contributed by atoms with Gasteiger partial charge in [-0.2, -0.15) is 0 Å². The zero-order valence-electron chi connectivity index (χ0n) is 10.7. The third-order valence-corrected chi connectivity index (χ3v) is 3.66. The standard InChI is InChI=1S/C16H11ClFNO/c1-9-4-2-7-13-14(9)10(8-19-13)16(20)15-11(17)5-3-6-12(15)18/h2-8,19H,1H3. The number of aromatic nitrogens is 1. The number of benzene rings is 2. The Bertz CT molecular complexity index is 802. The van der Waals surface area contributed by atoms with E-state index in [9.17, 15) is 9.18 Å². The lowest BCUT2D eigenvalue weighted by molar-refractivity contribution is 0.103. The topological polar surface area (TPSA) is 32.9 Å². The normalized spacial score (nSPS) is 10.9. The second-order valence-corrected chi connectivity index (χ2v) is 5.03. The van der Waals surface area contributed by atoms with E-state index in [1.807, 2.05) is 25.1 Å². The van der Waals surface area contributed by atoms with Gasteiger partial charge in [0.25, 0.3) is 0 Å². The van der Waals surface area contributed by atoms with Crippen molar-refractivity contribution in [2.45, 2.75) is 6.92 Å². The lowest BCUT2D eigenvalue weighted by Gasteiger charge is -2.05. The molecule has 2 aromatic carbocycles. The lowest BCUT2D eigenvalue weighted by atomic mass is 9.99. The number of fused-ring (bicyclic) bond motifs is 1. The third kappa shape index (κ3) is 1.91. The lowest BCUT2D eigenvalue weighted by Crippen LogP contribution is -2.05. The van der Waals surface area contributed by atoms with Crippen molar-refractivity contribution in [1.29, 1.82) is 0 Å². The Morgan fingerprint density at radius 3 is 2.70 bits per heavy atom. The molecule has 3 rings (SSSR count). The van der Waals surface area contributed by atoms with Crippen molar-refractivity contribution in [3.63, 3.8) is 0 Å². The van der Waals surface area contributed by atoms with Crippen molar-refractivity contribution >= 4 is 28.3 Å². The van der Waals surface area contributed by atoms with E-state index in [0.29, 0.717) is 5.56 Å². The van der Waals surface area contributed by atoms with Gasteiger partial charge in [0.15, 0.2) is 5.78 Å². The van der Waals surface area contributed by atoms with Crippen LogP contribution in [0.15, 0.2) is 42.6 Å². The van der Waals surface area contributed by atoms with Crippen molar-refractivity contribution in [3.05, 3.63) is 70.1 Å². The average Bonchev–Trinajstić information content (AvgIpc) is 2.83. The zero-order valence-corrected chi connectivity index (χ0v) is 11.5. The Kier molecular flexibility index (Phi) is 3.07. The van der Waals surface area contributed by atoms with Crippen LogP contribution in [-0.4, -0.2) is 10.8 Å². The fraction of sp³-hybridized carbons (Fsp3) is 0.0625. The van der Waals surface area contributed by atoms with Crippen LogP contribution >= 0.6 is 11.6 Å². The van der Waals surface area contributed by atoms with Crippen LogP contribution in [0.2, 0.25) is 5.02 Å². The summed E-state index contributed by atoms with van der Waals surface area (Å²) in [6, 6.07) is 9.92. The maximum Gasteiger partial charge on any atom is 0.199 e. The first-order valence-corrected chi connectivity index (χ1v) is 6.53. The molecule has 4 heteroatoms. The number of carbonyl (C=O) groups is 1. The van der Waals surface area contributed by atoms with Crippen molar-refractivity contribution in [1.82, 2.24) is 4.98 Å². The molecule has 0 bridgehead atoms. The molecule has 1 heterocycles. The molecule has 0 spiro atoms. The molecule has 3 aromatic rings. The fourth-order valence-electron chi connectivity index (χ4n) is 2.40. The number of halogens is 2. The molecule has 0 radical (unpaired) electrons. The summed E-state index contributed by atoms with van der Waals surface area (Å²) in [5.74, 6) is -1.01. The van der Waals surface area contributed by atoms with Gasteiger partial charge in [-0.15, -0.1) is 0 Å². The van der Waals surface area contributed by atoms with E-state index in [1.165, 1.54) is 18.2 Å². The second-order valence-electron chi connectivity index (χ2n) is 4.63. The second kappa shape index (κ2) is 4.76. The van der Waals surface area contributed by atoms with Crippen LogP contribution in [0.4, 0.5) is 4.39 Å². The number of hydrogen-bond donors (Lipinski definition) is 1. The van der Waals surface area contributed by atoms with Gasteiger partial charge in [0.05, 0.1) is 10.6 Å². The predicted molar refractivity (Wildman–Crippen MR) is 77.9 cm³/mol. The van der Waals surface area contributed by atoms with Crippen LogP contribution in [0.1, 0.15) is 21.5 Å². The summed E-state index contributed by atoms with van der Waals surface area (Å²) in [5, 5.41) is 0.926. The molecule has 0 fully saturated rings. The number of aryl methyl sites for hydroxylation is 1. The van der Waals surface area contributed by atoms with Gasteiger partial charge in [0.2, 0.25) is 0 Å². The Hall–Kier alpha value is -2.13. The Morgan fingerprint density at radius 1 is 1.20 bits per heavy atom. The van der Waals surface area contributed by atoms with E-state index in [0.717, 1.165) is 16.5 Å². The Morgan fingerprint density at radius 2 is 1.95 bits per heavy atom. The van der Waals surface area contributed by atoms with Crippen LogP contribution in [0, 0.1) is 12.7 Å². The highest BCUT2D eigenvalue weighted by Crippen LogP contribution is 2.28. The smallest absolute Gasteiger partial charge is 0.199 e. The summed E-state index contributed by atoms with van der Waals surface area (Å²) in [6.07, 6.45) is 1.60. The monoisotopic (exact) mass is 287 g/mol. The summed E-state index contributed by atoms with van der Waals surface area (Å²) in [5.41, 5.74) is 2.16. The number of carbonyl (C=O) groups excluding carboxylic acids is 1. The molecule has 1 aromatic heterocycles. The fourth-order valence-corrected chi connectivity index (χ4v) is 2.64. The number of ketones is 1. The van der Waals surface area contributed by atoms with Gasteiger partial charge in [0, 0.05) is 22.7 Å². The minimum atomic E-state index is -0.606. The maximum atomic E-state index is 13.9. The summed E-state index contributed by atoms with van der Waals surface area (Å²) in [6.45, 7) is 1.91. The molecular formula is C16H11ClFNO. The van der Waals surface area contributed by atoms with Crippen molar-refractivity contribution < 1.29 is 9.18 Å². The molecule has 0 aliphatic carbocycles. The van der Waals surface area contributed by atoms with Crippen molar-refractivity contribution in [2.24, 2.45) is 0 Å². The van der Waals surface area contributed by atoms with Crippen LogP contribution in [0.25, 0.3) is 10.9 Å². The first-order chi connectivity index (χ1) is 9.59. The van der Waals surface area contributed by atoms with Gasteiger partial charge >= 0.3 is 0 Å². The molecule has 2 nitrogen and oxygen atoms in total. The minimum Gasteiger partial charge on any atom is -0.360 e. The van der Waals surface area contributed by atoms with E-state index in [-0.39, 0.29) is 10.6 Å². The SMILES string of the molecule is Cc1cccc2[nH]cc(C(=O)c3c(F)cccc3Cl)c12. The largest absolute Gasteiger partial charge is 0.360 e. The molecular weight excluding hydrogens is 277 g/mol. The van der Waals surface area contributed by atoms with Crippen LogP contribution in [0.3, 0.4) is 0 Å². The quantitative estimate of drug-likeness (QED) is 0.692. The third-order valence-electron chi connectivity index (χ3n) is 3.35. The highest BCUT2D eigenvalue weighted by molar-refractivity contribution is 6.35. The zero-order chi connectivity index (χ0) is 14.3.